The number of amides is 3. The molecule has 0 aromatic carbocycles. The summed E-state index contributed by atoms with van der Waals surface area (Å²) in [5.41, 5.74) is 8.95. The lowest BCUT2D eigenvalue weighted by Crippen LogP contribution is -2.31. The molecule has 606 valence electrons. The molecule has 0 saturated carbocycles. The van der Waals surface area contributed by atoms with Crippen LogP contribution in [0.3, 0.4) is 0 Å². The van der Waals surface area contributed by atoms with E-state index >= 15 is 0 Å². The number of carbonyl (C=O) groups is 3. The van der Waals surface area contributed by atoms with Gasteiger partial charge in [0.15, 0.2) is 5.82 Å². The first-order valence-corrected chi connectivity index (χ1v) is 41.1. The van der Waals surface area contributed by atoms with Gasteiger partial charge in [0.1, 0.15) is 22.6 Å². The van der Waals surface area contributed by atoms with Crippen LogP contribution >= 0.6 is 0 Å². The van der Waals surface area contributed by atoms with E-state index in [-0.39, 0.29) is 28.8 Å². The van der Waals surface area contributed by atoms with Crippen LogP contribution < -0.4 is 10.3 Å². The number of ether oxygens (including phenoxy) is 1. The Morgan fingerprint density at radius 1 is 0.404 bits per heavy atom. The number of aryl methyl sites for hydroxylation is 3. The third kappa shape index (κ3) is 61.1. The van der Waals surface area contributed by atoms with E-state index in [4.69, 9.17) is 4.74 Å². The highest BCUT2D eigenvalue weighted by atomic mass is 32.2. The van der Waals surface area contributed by atoms with Crippen LogP contribution in [0.4, 0.5) is 5.82 Å². The van der Waals surface area contributed by atoms with Gasteiger partial charge in [-0.15, -0.1) is 0 Å². The summed E-state index contributed by atoms with van der Waals surface area (Å²) in [6.07, 6.45) is 16.0. The number of aromatic nitrogens is 7. The Labute approximate surface area is 644 Å². The second kappa shape index (κ2) is 81.5. The Balaban J connectivity index is -0.0000000925. The molecule has 0 fully saturated rings. The summed E-state index contributed by atoms with van der Waals surface area (Å²) < 4.78 is 21.9. The smallest absolute Gasteiger partial charge is 0.271 e. The molecule has 0 radical (unpaired) electrons. The maximum absolute atomic E-state index is 11.9. The average molecular weight is 1480 g/mol. The Hall–Kier alpha value is -7.21. The highest BCUT2D eigenvalue weighted by Crippen LogP contribution is 2.23. The number of carbonyl (C=O) groups excluding carboxylic acids is 3. The summed E-state index contributed by atoms with van der Waals surface area (Å²) in [5.74, 6) is 4.03. The third-order valence-corrected chi connectivity index (χ3v) is 12.4. The van der Waals surface area contributed by atoms with Crippen LogP contribution in [0.15, 0.2) is 101 Å². The topological polar surface area (TPSA) is 199 Å². The Kier molecular flexibility index (Phi) is 96.8. The molecule has 0 saturated heterocycles. The molecule has 0 aliphatic carbocycles. The molecule has 104 heavy (non-hydrogen) atoms. The molecule has 6 aromatic rings. The van der Waals surface area contributed by atoms with E-state index in [9.17, 15) is 23.4 Å². The molecule has 0 atom stereocenters. The molecule has 0 spiro atoms. The minimum absolute atomic E-state index is 0.0553. The number of pyridine rings is 5. The zero-order valence-electron chi connectivity index (χ0n) is 76.4. The zero-order valence-corrected chi connectivity index (χ0v) is 77.2. The van der Waals surface area contributed by atoms with Crippen LogP contribution in [0.5, 0.6) is 5.88 Å². The van der Waals surface area contributed by atoms with Crippen molar-refractivity contribution in [1.82, 2.24) is 49.2 Å². The van der Waals surface area contributed by atoms with Crippen molar-refractivity contribution in [2.45, 2.75) is 299 Å². The molecular weight excluding hydrogens is 1320 g/mol. The SMILES string of the molecule is CC.CC.CC.CC.CC.CC.CC.CC.CC.CC.CC.CC.CC(C)c1cc(C(=O)N(C)C)c(=O)n(C)c1.CC(C)c1ccc(C(=O)N(C)C)nc1.CC(C)c1ccc(N=S(C)(C)=O)nc1.COc1ncc(C(C)C)cc1C(=O)N(C)C.Cc1ccc(C(C)C)cn1.Cc1ncc(C(C)C)cn1. The van der Waals surface area contributed by atoms with Crippen molar-refractivity contribution in [1.29, 1.82) is 0 Å². The average Bonchev–Trinajstić information content (AvgIpc) is 0.831. The molecule has 0 N–H and O–H groups in total. The van der Waals surface area contributed by atoms with E-state index < -0.39 is 9.73 Å². The van der Waals surface area contributed by atoms with Gasteiger partial charge < -0.3 is 24.0 Å². The van der Waals surface area contributed by atoms with Gasteiger partial charge in [0.25, 0.3) is 23.3 Å². The lowest BCUT2D eigenvalue weighted by atomic mass is 10.0. The van der Waals surface area contributed by atoms with E-state index in [0.717, 1.165) is 28.2 Å². The molecule has 6 rings (SSSR count). The summed E-state index contributed by atoms with van der Waals surface area (Å²) in [7, 11) is 11.2. The van der Waals surface area contributed by atoms with Crippen LogP contribution in [0, 0.1) is 13.8 Å². The summed E-state index contributed by atoms with van der Waals surface area (Å²) in [6.45, 7) is 77.1. The number of hydrogen-bond donors (Lipinski definition) is 0. The summed E-state index contributed by atoms with van der Waals surface area (Å²) in [6, 6.07) is 15.2. The first-order valence-electron chi connectivity index (χ1n) is 38.8. The van der Waals surface area contributed by atoms with Crippen molar-refractivity contribution >= 4 is 33.3 Å². The van der Waals surface area contributed by atoms with Gasteiger partial charge in [0.2, 0.25) is 5.88 Å². The Morgan fingerprint density at radius 2 is 0.712 bits per heavy atom. The molecule has 17 nitrogen and oxygen atoms in total. The molecule has 0 aliphatic rings. The number of hydrogen-bond acceptors (Lipinski definition) is 13. The number of rotatable bonds is 11. The highest BCUT2D eigenvalue weighted by molar-refractivity contribution is 7.92. The van der Waals surface area contributed by atoms with Crippen molar-refractivity contribution in [3.63, 3.8) is 0 Å². The summed E-state index contributed by atoms with van der Waals surface area (Å²) in [5, 5.41) is 0. The van der Waals surface area contributed by atoms with E-state index in [2.05, 4.69) is 116 Å². The monoisotopic (exact) mass is 1480 g/mol. The van der Waals surface area contributed by atoms with Gasteiger partial charge in [0, 0.05) is 121 Å². The predicted octanol–water partition coefficient (Wildman–Crippen LogP) is 24.3. The highest BCUT2D eigenvalue weighted by Gasteiger charge is 2.18. The van der Waals surface area contributed by atoms with Crippen LogP contribution in [0.2, 0.25) is 0 Å². The van der Waals surface area contributed by atoms with E-state index in [1.807, 2.05) is 237 Å². The van der Waals surface area contributed by atoms with Gasteiger partial charge >= 0.3 is 0 Å². The fourth-order valence-electron chi connectivity index (χ4n) is 6.43. The summed E-state index contributed by atoms with van der Waals surface area (Å²) in [4.78, 5) is 76.3. The summed E-state index contributed by atoms with van der Waals surface area (Å²) >= 11 is 0. The first-order chi connectivity index (χ1) is 49.1. The van der Waals surface area contributed by atoms with Gasteiger partial charge in [-0.2, -0.15) is 4.36 Å². The lowest BCUT2D eigenvalue weighted by Gasteiger charge is -2.14. The molecule has 0 aliphatic heterocycles. The molecular formula is C86H165N11O6S. The normalized spacial score (nSPS) is 8.90. The molecule has 0 bridgehead atoms. The number of nitrogens with zero attached hydrogens (tertiary/aromatic N) is 11. The minimum Gasteiger partial charge on any atom is -0.480 e. The maximum Gasteiger partial charge on any atom is 0.271 e. The van der Waals surface area contributed by atoms with Crippen LogP contribution in [-0.4, -0.2) is 133 Å². The predicted molar refractivity (Wildman–Crippen MR) is 464 cm³/mol. The molecule has 3 amide bonds. The van der Waals surface area contributed by atoms with Crippen molar-refractivity contribution in [3.05, 3.63) is 164 Å². The zero-order chi connectivity index (χ0) is 85.4. The fraction of sp³-hybridized carbons (Fsp3) is 0.628. The number of methoxy groups -OCH3 is 1. The second-order valence-electron chi connectivity index (χ2n) is 22.0. The van der Waals surface area contributed by atoms with Crippen LogP contribution in [-0.2, 0) is 16.8 Å². The Bertz CT molecular complexity index is 2980. The third-order valence-electron chi connectivity index (χ3n) is 11.8. The van der Waals surface area contributed by atoms with Gasteiger partial charge in [-0.1, -0.05) is 267 Å². The molecule has 0 unspecified atom stereocenters. The van der Waals surface area contributed by atoms with Crippen molar-refractivity contribution < 1.29 is 23.3 Å². The van der Waals surface area contributed by atoms with Crippen molar-refractivity contribution in [2.75, 3.05) is 61.9 Å². The fourth-order valence-corrected chi connectivity index (χ4v) is 6.99. The van der Waals surface area contributed by atoms with Gasteiger partial charge in [-0.25, -0.2) is 24.1 Å². The standard InChI is InChI=1S/2C12H18N2O2.C11H16N2O.C10H16N2OS.C9H13N.C8H12N2.12C2H6/c1-8(2)9-6-10(12(15)14(3)4)11(16-5)13-7-9;1-8(2)9-6-10(11(15)13(3)4)12(16)14(5)7-9;1-8(2)9-5-6-10(12-7-9)11(14)13(3)4;1-8(2)9-5-6-10(11-7-9)12-14(3,4)13;1-7(2)9-5-4-8(3)10-6-9;1-6(2)8-4-9-7(3)10-5-8;12*1-2/h2*6-8H,1-5H3;2*5-8H,1-4H3;4-7H,1-3H3;4-6H,1-3H3;12*1-2H3. The molecule has 6 heterocycles. The van der Waals surface area contributed by atoms with Crippen molar-refractivity contribution in [3.8, 4) is 5.88 Å². The maximum atomic E-state index is 11.9. The molecule has 18 heteroatoms. The van der Waals surface area contributed by atoms with E-state index in [1.165, 1.54) is 43.1 Å². The van der Waals surface area contributed by atoms with Gasteiger partial charge in [-0.3, -0.25) is 29.1 Å². The quantitative estimate of drug-likeness (QED) is 0.119. The Morgan fingerprint density at radius 3 is 1.00 bits per heavy atom. The van der Waals surface area contributed by atoms with E-state index in [0.29, 0.717) is 58.5 Å². The van der Waals surface area contributed by atoms with Crippen molar-refractivity contribution in [2.24, 2.45) is 11.4 Å². The first kappa shape index (κ1) is 124. The van der Waals surface area contributed by atoms with Gasteiger partial charge in [0.05, 0.1) is 7.11 Å². The second-order valence-corrected chi connectivity index (χ2v) is 24.5. The van der Waals surface area contributed by atoms with Crippen LogP contribution in [0.1, 0.15) is 361 Å². The largest absolute Gasteiger partial charge is 0.480 e. The lowest BCUT2D eigenvalue weighted by molar-refractivity contribution is 0.0815. The van der Waals surface area contributed by atoms with Crippen LogP contribution in [0.25, 0.3) is 0 Å². The minimum atomic E-state index is -2.10. The van der Waals surface area contributed by atoms with E-state index in [1.54, 1.807) is 98.8 Å². The van der Waals surface area contributed by atoms with Gasteiger partial charge in [-0.05, 0) is 113 Å². The molecule has 6 aromatic heterocycles.